The highest BCUT2D eigenvalue weighted by atomic mass is 35.5. The molecule has 5 nitrogen and oxygen atoms in total. The summed E-state index contributed by atoms with van der Waals surface area (Å²) in [5.74, 6) is 0. The van der Waals surface area contributed by atoms with Crippen LogP contribution in [0.15, 0.2) is 18.2 Å². The minimum Gasteiger partial charge on any atom is -0.327 e. The molecule has 118 valence electrons. The number of rotatable bonds is 3. The number of nitro benzene ring substituents is 1. The fourth-order valence-electron chi connectivity index (χ4n) is 2.83. The van der Waals surface area contributed by atoms with Gasteiger partial charge < -0.3 is 5.73 Å². The van der Waals surface area contributed by atoms with Crippen LogP contribution in [0.1, 0.15) is 31.4 Å². The lowest BCUT2D eigenvalue weighted by Crippen LogP contribution is -2.52. The topological polar surface area (TPSA) is 72.4 Å². The maximum Gasteiger partial charge on any atom is 0.272 e. The Hall–Kier alpha value is -1.17. The lowest BCUT2D eigenvalue weighted by molar-refractivity contribution is -0.385. The van der Waals surface area contributed by atoms with E-state index in [-0.39, 0.29) is 34.5 Å². The first kappa shape index (κ1) is 17.9. The van der Waals surface area contributed by atoms with Gasteiger partial charge in [0.1, 0.15) is 0 Å². The highest BCUT2D eigenvalue weighted by molar-refractivity contribution is 5.85. The van der Waals surface area contributed by atoms with E-state index >= 15 is 0 Å². The molecule has 0 radical (unpaired) electrons. The second-order valence-corrected chi connectivity index (χ2v) is 6.47. The summed E-state index contributed by atoms with van der Waals surface area (Å²) < 4.78 is 0. The molecule has 1 heterocycles. The highest BCUT2D eigenvalue weighted by Crippen LogP contribution is 2.29. The Kier molecular flexibility index (Phi) is 5.73. The third kappa shape index (κ3) is 4.15. The Labute approximate surface area is 132 Å². The summed E-state index contributed by atoms with van der Waals surface area (Å²) >= 11 is 0. The number of nitro groups is 1. The van der Waals surface area contributed by atoms with Crippen LogP contribution in [0.4, 0.5) is 5.69 Å². The van der Waals surface area contributed by atoms with Crippen molar-refractivity contribution in [2.24, 2.45) is 11.1 Å². The molecule has 0 spiro atoms. The number of halogens is 1. The van der Waals surface area contributed by atoms with E-state index in [4.69, 9.17) is 5.73 Å². The largest absolute Gasteiger partial charge is 0.327 e. The van der Waals surface area contributed by atoms with Crippen molar-refractivity contribution in [3.8, 4) is 0 Å². The van der Waals surface area contributed by atoms with Crippen LogP contribution >= 0.6 is 12.4 Å². The molecule has 2 rings (SSSR count). The van der Waals surface area contributed by atoms with Crippen molar-refractivity contribution >= 4 is 18.1 Å². The van der Waals surface area contributed by atoms with Crippen molar-refractivity contribution in [1.29, 1.82) is 0 Å². The molecule has 1 aromatic rings. The summed E-state index contributed by atoms with van der Waals surface area (Å²) in [6, 6.07) is 5.72. The summed E-state index contributed by atoms with van der Waals surface area (Å²) in [7, 11) is 0. The first-order valence-corrected chi connectivity index (χ1v) is 7.01. The molecule has 1 aliphatic rings. The van der Waals surface area contributed by atoms with Crippen molar-refractivity contribution in [2.45, 2.75) is 39.8 Å². The minimum atomic E-state index is -0.311. The maximum absolute atomic E-state index is 11.0. The van der Waals surface area contributed by atoms with Gasteiger partial charge in [-0.1, -0.05) is 26.0 Å². The predicted molar refractivity (Wildman–Crippen MR) is 86.7 cm³/mol. The van der Waals surface area contributed by atoms with Gasteiger partial charge in [0.05, 0.1) is 4.92 Å². The zero-order chi connectivity index (χ0) is 14.9. The van der Waals surface area contributed by atoms with Gasteiger partial charge >= 0.3 is 0 Å². The van der Waals surface area contributed by atoms with Gasteiger partial charge in [0.25, 0.3) is 5.69 Å². The number of hydrogen-bond acceptors (Lipinski definition) is 4. The second kappa shape index (κ2) is 6.73. The summed E-state index contributed by atoms with van der Waals surface area (Å²) in [6.45, 7) is 8.76. The van der Waals surface area contributed by atoms with Crippen LogP contribution in [0.5, 0.6) is 0 Å². The number of benzene rings is 1. The van der Waals surface area contributed by atoms with Crippen LogP contribution in [0.2, 0.25) is 0 Å². The fraction of sp³-hybridized carbons (Fsp3) is 0.600. The van der Waals surface area contributed by atoms with Crippen LogP contribution in [0.3, 0.4) is 0 Å². The summed E-state index contributed by atoms with van der Waals surface area (Å²) in [5, 5.41) is 11.0. The van der Waals surface area contributed by atoms with Crippen molar-refractivity contribution in [2.75, 3.05) is 13.1 Å². The standard InChI is InChI=1S/C15H23N3O2.ClH/c1-11-4-5-12(8-13(11)18(19)20)9-17-7-6-14(16)15(2,3)10-17;/h4-5,8,14H,6-7,9-10,16H2,1-3H3;1H. The number of nitrogens with zero attached hydrogens (tertiary/aromatic N) is 2. The van der Waals surface area contributed by atoms with Crippen LogP contribution < -0.4 is 5.73 Å². The highest BCUT2D eigenvalue weighted by Gasteiger charge is 2.33. The lowest BCUT2D eigenvalue weighted by Gasteiger charge is -2.42. The molecular weight excluding hydrogens is 290 g/mol. The summed E-state index contributed by atoms with van der Waals surface area (Å²) in [5.41, 5.74) is 8.13. The molecule has 0 bridgehead atoms. The molecule has 0 saturated carbocycles. The Morgan fingerprint density at radius 1 is 1.48 bits per heavy atom. The predicted octanol–water partition coefficient (Wildman–Crippen LogP) is 2.88. The second-order valence-electron chi connectivity index (χ2n) is 6.47. The molecule has 21 heavy (non-hydrogen) atoms. The zero-order valence-corrected chi connectivity index (χ0v) is 13.7. The van der Waals surface area contributed by atoms with E-state index in [0.29, 0.717) is 5.56 Å². The molecule has 1 atom stereocenters. The van der Waals surface area contributed by atoms with E-state index in [0.717, 1.165) is 31.6 Å². The van der Waals surface area contributed by atoms with Gasteiger partial charge in [0.15, 0.2) is 0 Å². The van der Waals surface area contributed by atoms with Crippen LogP contribution in [-0.2, 0) is 6.54 Å². The molecule has 0 aliphatic carbocycles. The molecular formula is C15H24ClN3O2. The van der Waals surface area contributed by atoms with Crippen molar-refractivity contribution in [3.05, 3.63) is 39.4 Å². The van der Waals surface area contributed by atoms with Gasteiger partial charge in [-0.15, -0.1) is 12.4 Å². The number of piperidine rings is 1. The monoisotopic (exact) mass is 313 g/mol. The summed E-state index contributed by atoms with van der Waals surface area (Å²) in [4.78, 5) is 13.0. The van der Waals surface area contributed by atoms with E-state index in [1.165, 1.54) is 0 Å². The van der Waals surface area contributed by atoms with E-state index in [1.54, 1.807) is 13.0 Å². The average molecular weight is 314 g/mol. The average Bonchev–Trinajstić information content (AvgIpc) is 2.35. The fourth-order valence-corrected chi connectivity index (χ4v) is 2.83. The van der Waals surface area contributed by atoms with E-state index < -0.39 is 0 Å². The zero-order valence-electron chi connectivity index (χ0n) is 12.8. The molecule has 0 aromatic heterocycles. The van der Waals surface area contributed by atoms with Crippen molar-refractivity contribution < 1.29 is 4.92 Å². The maximum atomic E-state index is 11.0. The van der Waals surface area contributed by atoms with Crippen molar-refractivity contribution in [1.82, 2.24) is 4.90 Å². The van der Waals surface area contributed by atoms with E-state index in [9.17, 15) is 10.1 Å². The molecule has 0 amide bonds. The van der Waals surface area contributed by atoms with Crippen molar-refractivity contribution in [3.63, 3.8) is 0 Å². The van der Waals surface area contributed by atoms with Crippen LogP contribution in [-0.4, -0.2) is 29.0 Å². The van der Waals surface area contributed by atoms with Gasteiger partial charge in [-0.2, -0.15) is 0 Å². The SMILES string of the molecule is Cc1ccc(CN2CCC(N)C(C)(C)C2)cc1[N+](=O)[O-].Cl. The Morgan fingerprint density at radius 3 is 2.71 bits per heavy atom. The van der Waals surface area contributed by atoms with E-state index in [2.05, 4.69) is 18.7 Å². The first-order valence-electron chi connectivity index (χ1n) is 7.01. The van der Waals surface area contributed by atoms with Gasteiger partial charge in [-0.3, -0.25) is 15.0 Å². The van der Waals surface area contributed by atoms with Gasteiger partial charge in [-0.05, 0) is 24.3 Å². The molecule has 1 aliphatic heterocycles. The lowest BCUT2D eigenvalue weighted by atomic mass is 9.79. The molecule has 1 saturated heterocycles. The molecule has 1 unspecified atom stereocenters. The third-order valence-electron chi connectivity index (χ3n) is 4.27. The normalized spacial score (nSPS) is 21.6. The Morgan fingerprint density at radius 2 is 2.14 bits per heavy atom. The quantitative estimate of drug-likeness (QED) is 0.688. The van der Waals surface area contributed by atoms with Gasteiger partial charge in [-0.25, -0.2) is 0 Å². The smallest absolute Gasteiger partial charge is 0.272 e. The number of likely N-dealkylation sites (tertiary alicyclic amines) is 1. The molecule has 1 aromatic carbocycles. The molecule has 2 N–H and O–H groups in total. The number of nitrogens with two attached hydrogens (primary N) is 1. The Bertz CT molecular complexity index is 520. The molecule has 6 heteroatoms. The van der Waals surface area contributed by atoms with E-state index in [1.807, 2.05) is 12.1 Å². The van der Waals surface area contributed by atoms with Gasteiger partial charge in [0.2, 0.25) is 0 Å². The van der Waals surface area contributed by atoms with Crippen LogP contribution in [0, 0.1) is 22.5 Å². The first-order chi connectivity index (χ1) is 9.29. The minimum absolute atomic E-state index is 0. The number of hydrogen-bond donors (Lipinski definition) is 1. The van der Waals surface area contributed by atoms with Crippen LogP contribution in [0.25, 0.3) is 0 Å². The summed E-state index contributed by atoms with van der Waals surface area (Å²) in [6.07, 6.45) is 0.973. The molecule has 1 fully saturated rings. The Balaban J connectivity index is 0.00000220. The number of aryl methyl sites for hydroxylation is 1. The third-order valence-corrected chi connectivity index (χ3v) is 4.27. The van der Waals surface area contributed by atoms with Gasteiger partial charge in [0, 0.05) is 37.3 Å².